The van der Waals surface area contributed by atoms with Crippen LogP contribution in [0, 0.1) is 0 Å². The molecule has 0 aliphatic carbocycles. The number of fused-ring (bicyclic) bond motifs is 1. The zero-order valence-electron chi connectivity index (χ0n) is 16.0. The van der Waals surface area contributed by atoms with Crippen LogP contribution in [0.15, 0.2) is 36.4 Å². The minimum Gasteiger partial charge on any atom is -0.352 e. The molecule has 1 unspecified atom stereocenters. The van der Waals surface area contributed by atoms with Crippen molar-refractivity contribution in [3.05, 3.63) is 68.7 Å². The van der Waals surface area contributed by atoms with Crippen molar-refractivity contribution in [1.82, 2.24) is 10.2 Å². The standard InChI is InChI=1S/C22H24Cl2N2O2/c1-14-18-6-3-5-16(11-25-15(2)28)19(18)9-10-26(14)12-17(13-27)22-20(23)7-4-8-21(22)24/h3-8,13-14,17H,9-12H2,1-2H3,(H,25,28)/t14-,17?/m0/s1. The van der Waals surface area contributed by atoms with E-state index >= 15 is 0 Å². The smallest absolute Gasteiger partial charge is 0.217 e. The normalized spacial score (nSPS) is 17.6. The first-order chi connectivity index (χ1) is 13.4. The van der Waals surface area contributed by atoms with E-state index in [0.29, 0.717) is 28.7 Å². The topological polar surface area (TPSA) is 49.4 Å². The molecule has 0 radical (unpaired) electrons. The number of halogens is 2. The predicted molar refractivity (Wildman–Crippen MR) is 113 cm³/mol. The molecule has 1 aliphatic rings. The Morgan fingerprint density at radius 2 is 1.93 bits per heavy atom. The fourth-order valence-corrected chi connectivity index (χ4v) is 4.63. The van der Waals surface area contributed by atoms with Gasteiger partial charge in [-0.3, -0.25) is 9.69 Å². The number of hydrogen-bond acceptors (Lipinski definition) is 3. The Kier molecular flexibility index (Phi) is 6.76. The van der Waals surface area contributed by atoms with Gasteiger partial charge in [-0.15, -0.1) is 0 Å². The highest BCUT2D eigenvalue weighted by Gasteiger charge is 2.29. The number of nitrogens with zero attached hydrogens (tertiary/aromatic N) is 1. The van der Waals surface area contributed by atoms with E-state index in [-0.39, 0.29) is 17.9 Å². The lowest BCUT2D eigenvalue weighted by Gasteiger charge is -2.37. The third-order valence-electron chi connectivity index (χ3n) is 5.45. The number of rotatable bonds is 6. The molecule has 0 spiro atoms. The number of hydrogen-bond donors (Lipinski definition) is 1. The second kappa shape index (κ2) is 9.08. The number of aldehydes is 1. The van der Waals surface area contributed by atoms with Gasteiger partial charge >= 0.3 is 0 Å². The van der Waals surface area contributed by atoms with Crippen molar-refractivity contribution in [3.63, 3.8) is 0 Å². The van der Waals surface area contributed by atoms with Crippen LogP contribution >= 0.6 is 23.2 Å². The summed E-state index contributed by atoms with van der Waals surface area (Å²) in [6.07, 6.45) is 1.81. The molecule has 2 atom stereocenters. The maximum absolute atomic E-state index is 11.9. The summed E-state index contributed by atoms with van der Waals surface area (Å²) in [7, 11) is 0. The van der Waals surface area contributed by atoms with Crippen LogP contribution < -0.4 is 5.32 Å². The zero-order chi connectivity index (χ0) is 20.3. The molecule has 4 nitrogen and oxygen atoms in total. The minimum atomic E-state index is -0.382. The predicted octanol–water partition coefficient (Wildman–Crippen LogP) is 4.53. The molecule has 1 amide bonds. The summed E-state index contributed by atoms with van der Waals surface area (Å²) in [5, 5.41) is 3.93. The van der Waals surface area contributed by atoms with E-state index in [1.54, 1.807) is 18.2 Å². The lowest BCUT2D eigenvalue weighted by molar-refractivity contribution is -0.119. The van der Waals surface area contributed by atoms with Gasteiger partial charge in [0.05, 0.1) is 5.92 Å². The van der Waals surface area contributed by atoms with Crippen LogP contribution in [0.2, 0.25) is 10.0 Å². The first-order valence-electron chi connectivity index (χ1n) is 9.40. The van der Waals surface area contributed by atoms with Gasteiger partial charge in [-0.1, -0.05) is 47.5 Å². The van der Waals surface area contributed by atoms with E-state index in [1.165, 1.54) is 18.1 Å². The van der Waals surface area contributed by atoms with Gasteiger partial charge in [-0.2, -0.15) is 0 Å². The monoisotopic (exact) mass is 418 g/mol. The average Bonchev–Trinajstić information content (AvgIpc) is 2.67. The number of carbonyl (C=O) groups is 2. The van der Waals surface area contributed by atoms with Gasteiger partial charge in [0.25, 0.3) is 0 Å². The first-order valence-corrected chi connectivity index (χ1v) is 10.2. The van der Waals surface area contributed by atoms with Crippen molar-refractivity contribution in [2.24, 2.45) is 0 Å². The van der Waals surface area contributed by atoms with Crippen LogP contribution in [0.3, 0.4) is 0 Å². The van der Waals surface area contributed by atoms with Gasteiger partial charge < -0.3 is 10.1 Å². The van der Waals surface area contributed by atoms with Gasteiger partial charge in [0.2, 0.25) is 5.91 Å². The fraction of sp³-hybridized carbons (Fsp3) is 0.364. The average molecular weight is 419 g/mol. The summed E-state index contributed by atoms with van der Waals surface area (Å²) in [5.74, 6) is -0.415. The fourth-order valence-electron chi connectivity index (χ4n) is 3.95. The maximum atomic E-state index is 11.9. The maximum Gasteiger partial charge on any atom is 0.217 e. The Bertz CT molecular complexity index is 865. The number of benzene rings is 2. The van der Waals surface area contributed by atoms with E-state index in [4.69, 9.17) is 23.2 Å². The summed E-state index contributed by atoms with van der Waals surface area (Å²) in [4.78, 5) is 25.4. The molecular formula is C22H24Cl2N2O2. The highest BCUT2D eigenvalue weighted by atomic mass is 35.5. The molecule has 0 bridgehead atoms. The molecule has 0 saturated heterocycles. The highest BCUT2D eigenvalue weighted by molar-refractivity contribution is 6.36. The Hall–Kier alpha value is -1.88. The Morgan fingerprint density at radius 3 is 2.57 bits per heavy atom. The van der Waals surface area contributed by atoms with Crippen molar-refractivity contribution in [1.29, 1.82) is 0 Å². The van der Waals surface area contributed by atoms with Crippen LogP contribution in [0.5, 0.6) is 0 Å². The van der Waals surface area contributed by atoms with E-state index in [1.807, 2.05) is 6.07 Å². The molecule has 2 aromatic carbocycles. The molecule has 0 saturated carbocycles. The van der Waals surface area contributed by atoms with Gasteiger partial charge in [0.1, 0.15) is 6.29 Å². The van der Waals surface area contributed by atoms with Gasteiger partial charge in [0.15, 0.2) is 0 Å². The van der Waals surface area contributed by atoms with E-state index in [2.05, 4.69) is 29.3 Å². The van der Waals surface area contributed by atoms with Gasteiger partial charge in [0, 0.05) is 48.2 Å². The summed E-state index contributed by atoms with van der Waals surface area (Å²) in [6, 6.07) is 11.7. The third-order valence-corrected chi connectivity index (χ3v) is 6.11. The largest absolute Gasteiger partial charge is 0.352 e. The van der Waals surface area contributed by atoms with E-state index in [9.17, 15) is 9.59 Å². The molecule has 1 aliphatic heterocycles. The van der Waals surface area contributed by atoms with Gasteiger partial charge in [-0.05, 0) is 42.2 Å². The Balaban J connectivity index is 1.82. The van der Waals surface area contributed by atoms with Crippen molar-refractivity contribution in [3.8, 4) is 0 Å². The summed E-state index contributed by atoms with van der Waals surface area (Å²) in [6.45, 7) is 5.61. The molecule has 6 heteroatoms. The second-order valence-electron chi connectivity index (χ2n) is 7.19. The first kappa shape index (κ1) is 20.8. The van der Waals surface area contributed by atoms with E-state index < -0.39 is 0 Å². The van der Waals surface area contributed by atoms with Crippen LogP contribution in [0.1, 0.15) is 48.1 Å². The lowest BCUT2D eigenvalue weighted by atomic mass is 9.88. The molecular weight excluding hydrogens is 395 g/mol. The molecule has 148 valence electrons. The Labute approximate surface area is 175 Å². The number of nitrogens with one attached hydrogen (secondary N) is 1. The molecule has 1 N–H and O–H groups in total. The van der Waals surface area contributed by atoms with E-state index in [0.717, 1.165) is 24.8 Å². The van der Waals surface area contributed by atoms with Crippen LogP contribution in [-0.2, 0) is 22.6 Å². The Morgan fingerprint density at radius 1 is 1.25 bits per heavy atom. The molecule has 0 aromatic heterocycles. The van der Waals surface area contributed by atoms with Crippen LogP contribution in [0.25, 0.3) is 0 Å². The summed E-state index contributed by atoms with van der Waals surface area (Å²) in [5.41, 5.74) is 4.38. The summed E-state index contributed by atoms with van der Waals surface area (Å²) < 4.78 is 0. The van der Waals surface area contributed by atoms with Crippen molar-refractivity contribution in [2.75, 3.05) is 13.1 Å². The molecule has 2 aromatic rings. The SMILES string of the molecule is CC(=O)NCc1cccc2c1CCN(CC(C=O)c1c(Cl)cccc1Cl)[C@H]2C. The number of amides is 1. The van der Waals surface area contributed by atoms with Crippen molar-refractivity contribution in [2.45, 2.75) is 38.8 Å². The molecule has 28 heavy (non-hydrogen) atoms. The van der Waals surface area contributed by atoms with Crippen molar-refractivity contribution >= 4 is 35.4 Å². The quantitative estimate of drug-likeness (QED) is 0.700. The van der Waals surface area contributed by atoms with Gasteiger partial charge in [-0.25, -0.2) is 0 Å². The van der Waals surface area contributed by atoms with Crippen molar-refractivity contribution < 1.29 is 9.59 Å². The lowest BCUT2D eigenvalue weighted by Crippen LogP contribution is -2.38. The molecule has 1 heterocycles. The highest BCUT2D eigenvalue weighted by Crippen LogP contribution is 2.36. The number of carbonyl (C=O) groups excluding carboxylic acids is 2. The zero-order valence-corrected chi connectivity index (χ0v) is 17.6. The molecule has 3 rings (SSSR count). The molecule has 0 fully saturated rings. The third kappa shape index (κ3) is 4.40. The minimum absolute atomic E-state index is 0.0338. The van der Waals surface area contributed by atoms with Crippen LogP contribution in [0.4, 0.5) is 0 Å². The second-order valence-corrected chi connectivity index (χ2v) is 8.01. The summed E-state index contributed by atoms with van der Waals surface area (Å²) >= 11 is 12.6. The van der Waals surface area contributed by atoms with Crippen LogP contribution in [-0.4, -0.2) is 30.2 Å².